The lowest BCUT2D eigenvalue weighted by Gasteiger charge is -2.02. The maximum absolute atomic E-state index is 11.9. The van der Waals surface area contributed by atoms with E-state index < -0.39 is 0 Å². The molecule has 0 spiro atoms. The highest BCUT2D eigenvalue weighted by atomic mass is 79.9. The molecule has 1 aromatic heterocycles. The van der Waals surface area contributed by atoms with Crippen LogP contribution in [0.3, 0.4) is 0 Å². The molecule has 0 bridgehead atoms. The van der Waals surface area contributed by atoms with E-state index >= 15 is 0 Å². The zero-order valence-corrected chi connectivity index (χ0v) is 14.6. The number of aromatic nitrogens is 2. The molecular weight excluding hydrogens is 372 g/mol. The molecule has 0 fully saturated rings. The van der Waals surface area contributed by atoms with Crippen LogP contribution in [0, 0.1) is 6.92 Å². The van der Waals surface area contributed by atoms with Gasteiger partial charge in [-0.05, 0) is 24.6 Å². The van der Waals surface area contributed by atoms with Crippen LogP contribution in [0.5, 0.6) is 0 Å². The Kier molecular flexibility index (Phi) is 5.05. The van der Waals surface area contributed by atoms with Gasteiger partial charge in [0.25, 0.3) is 5.89 Å². The molecule has 0 amide bonds. The van der Waals surface area contributed by atoms with Gasteiger partial charge in [0.2, 0.25) is 5.82 Å². The Balaban J connectivity index is 1.57. The van der Waals surface area contributed by atoms with Crippen molar-refractivity contribution in [2.24, 2.45) is 0 Å². The highest BCUT2D eigenvalue weighted by molar-refractivity contribution is 9.10. The number of aryl methyl sites for hydroxylation is 1. The minimum atomic E-state index is -0.332. The number of esters is 1. The number of halogens is 1. The second-order valence-corrected chi connectivity index (χ2v) is 6.26. The summed E-state index contributed by atoms with van der Waals surface area (Å²) >= 11 is 3.40. The van der Waals surface area contributed by atoms with Crippen LogP contribution in [0.25, 0.3) is 11.4 Å². The minimum absolute atomic E-state index is 0.0360. The number of rotatable bonds is 5. The lowest BCUT2D eigenvalue weighted by molar-refractivity contribution is -0.144. The normalized spacial score (nSPS) is 10.6. The average Bonchev–Trinajstić information content (AvgIpc) is 3.04. The van der Waals surface area contributed by atoms with E-state index in [0.717, 1.165) is 21.2 Å². The van der Waals surface area contributed by atoms with Crippen molar-refractivity contribution < 1.29 is 14.1 Å². The van der Waals surface area contributed by atoms with Crippen LogP contribution in [0.4, 0.5) is 0 Å². The van der Waals surface area contributed by atoms with Crippen molar-refractivity contribution >= 4 is 21.9 Å². The quantitative estimate of drug-likeness (QED) is 0.617. The van der Waals surface area contributed by atoms with Crippen LogP contribution in [0.1, 0.15) is 17.0 Å². The number of hydrogen-bond acceptors (Lipinski definition) is 5. The zero-order chi connectivity index (χ0) is 16.9. The van der Waals surface area contributed by atoms with Crippen molar-refractivity contribution in [2.45, 2.75) is 20.0 Å². The molecule has 0 saturated carbocycles. The van der Waals surface area contributed by atoms with Gasteiger partial charge in [-0.1, -0.05) is 63.0 Å². The number of nitrogens with zero attached hydrogens (tertiary/aromatic N) is 2. The fourth-order valence-corrected chi connectivity index (χ4v) is 2.52. The molecule has 2 aromatic carbocycles. The van der Waals surface area contributed by atoms with E-state index in [1.807, 2.05) is 55.5 Å². The molecule has 1 heterocycles. The fraction of sp³-hybridized carbons (Fsp3) is 0.167. The van der Waals surface area contributed by atoms with Crippen molar-refractivity contribution in [3.8, 4) is 11.4 Å². The summed E-state index contributed by atoms with van der Waals surface area (Å²) in [6, 6.07) is 15.3. The van der Waals surface area contributed by atoms with Crippen LogP contribution >= 0.6 is 15.9 Å². The monoisotopic (exact) mass is 386 g/mol. The van der Waals surface area contributed by atoms with Crippen LogP contribution in [-0.2, 0) is 22.6 Å². The maximum Gasteiger partial charge on any atom is 0.310 e. The van der Waals surface area contributed by atoms with E-state index in [9.17, 15) is 4.79 Å². The number of carbonyl (C=O) groups excluding carboxylic acids is 1. The molecule has 0 N–H and O–H groups in total. The Morgan fingerprint density at radius 1 is 1.21 bits per heavy atom. The first-order valence-corrected chi connectivity index (χ1v) is 8.19. The van der Waals surface area contributed by atoms with E-state index in [1.165, 1.54) is 0 Å². The standard InChI is InChI=1S/C18H15BrN2O3/c1-12-5-7-13(8-6-12)9-17(22)23-11-16-20-18(21-24-16)14-3-2-4-15(19)10-14/h2-8,10H,9,11H2,1H3. The summed E-state index contributed by atoms with van der Waals surface area (Å²) in [4.78, 5) is 16.1. The first-order valence-electron chi connectivity index (χ1n) is 7.40. The second kappa shape index (κ2) is 7.40. The third-order valence-electron chi connectivity index (χ3n) is 3.38. The molecule has 0 aliphatic carbocycles. The van der Waals surface area contributed by atoms with Gasteiger partial charge in [-0.2, -0.15) is 4.98 Å². The molecule has 3 aromatic rings. The zero-order valence-electron chi connectivity index (χ0n) is 13.0. The number of ether oxygens (including phenoxy) is 1. The number of carbonyl (C=O) groups is 1. The molecule has 5 nitrogen and oxygen atoms in total. The highest BCUT2D eigenvalue weighted by Gasteiger charge is 2.12. The summed E-state index contributed by atoms with van der Waals surface area (Å²) < 4.78 is 11.2. The fourth-order valence-electron chi connectivity index (χ4n) is 2.12. The molecular formula is C18H15BrN2O3. The average molecular weight is 387 g/mol. The van der Waals surface area contributed by atoms with E-state index in [-0.39, 0.29) is 24.9 Å². The lowest BCUT2D eigenvalue weighted by Crippen LogP contribution is -2.08. The van der Waals surface area contributed by atoms with Crippen molar-refractivity contribution in [3.63, 3.8) is 0 Å². The first kappa shape index (κ1) is 16.4. The predicted octanol–water partition coefficient (Wildman–Crippen LogP) is 4.09. The summed E-state index contributed by atoms with van der Waals surface area (Å²) in [7, 11) is 0. The van der Waals surface area contributed by atoms with Crippen molar-refractivity contribution in [1.82, 2.24) is 10.1 Å². The van der Waals surface area contributed by atoms with Crippen LogP contribution in [0.15, 0.2) is 57.5 Å². The Morgan fingerprint density at radius 2 is 2.00 bits per heavy atom. The van der Waals surface area contributed by atoms with Gasteiger partial charge in [0.05, 0.1) is 6.42 Å². The van der Waals surface area contributed by atoms with Crippen LogP contribution in [-0.4, -0.2) is 16.1 Å². The third kappa shape index (κ3) is 4.29. The molecule has 122 valence electrons. The van der Waals surface area contributed by atoms with Gasteiger partial charge >= 0.3 is 5.97 Å². The summed E-state index contributed by atoms with van der Waals surface area (Å²) in [6.07, 6.45) is 0.215. The predicted molar refractivity (Wildman–Crippen MR) is 92.1 cm³/mol. The van der Waals surface area contributed by atoms with Crippen LogP contribution < -0.4 is 0 Å². The third-order valence-corrected chi connectivity index (χ3v) is 3.87. The topological polar surface area (TPSA) is 65.2 Å². The first-order chi connectivity index (χ1) is 11.6. The molecule has 0 aliphatic rings. The minimum Gasteiger partial charge on any atom is -0.455 e. The molecule has 0 saturated heterocycles. The van der Waals surface area contributed by atoms with E-state index in [1.54, 1.807) is 0 Å². The smallest absolute Gasteiger partial charge is 0.310 e. The van der Waals surface area contributed by atoms with E-state index in [4.69, 9.17) is 9.26 Å². The maximum atomic E-state index is 11.9. The van der Waals surface area contributed by atoms with Gasteiger partial charge in [-0.3, -0.25) is 4.79 Å². The van der Waals surface area contributed by atoms with Crippen molar-refractivity contribution in [1.29, 1.82) is 0 Å². The van der Waals surface area contributed by atoms with Gasteiger partial charge in [-0.15, -0.1) is 0 Å². The van der Waals surface area contributed by atoms with Gasteiger partial charge in [0.15, 0.2) is 6.61 Å². The van der Waals surface area contributed by atoms with Gasteiger partial charge < -0.3 is 9.26 Å². The second-order valence-electron chi connectivity index (χ2n) is 5.35. The van der Waals surface area contributed by atoms with E-state index in [2.05, 4.69) is 26.1 Å². The summed E-state index contributed by atoms with van der Waals surface area (Å²) in [5.74, 6) is 0.393. The van der Waals surface area contributed by atoms with Crippen molar-refractivity contribution in [3.05, 3.63) is 70.0 Å². The van der Waals surface area contributed by atoms with Gasteiger partial charge in [-0.25, -0.2) is 0 Å². The summed E-state index contributed by atoms with van der Waals surface area (Å²) in [5.41, 5.74) is 2.88. The lowest BCUT2D eigenvalue weighted by atomic mass is 10.1. The summed E-state index contributed by atoms with van der Waals surface area (Å²) in [6.45, 7) is 1.96. The molecule has 3 rings (SSSR count). The molecule has 0 aliphatic heterocycles. The number of benzene rings is 2. The molecule has 0 unspecified atom stereocenters. The van der Waals surface area contributed by atoms with Crippen molar-refractivity contribution in [2.75, 3.05) is 0 Å². The highest BCUT2D eigenvalue weighted by Crippen LogP contribution is 2.20. The van der Waals surface area contributed by atoms with E-state index in [0.29, 0.717) is 5.82 Å². The molecule has 0 radical (unpaired) electrons. The molecule has 24 heavy (non-hydrogen) atoms. The van der Waals surface area contributed by atoms with Gasteiger partial charge in [0.1, 0.15) is 0 Å². The summed E-state index contributed by atoms with van der Waals surface area (Å²) in [5, 5.41) is 3.90. The largest absolute Gasteiger partial charge is 0.455 e. The molecule has 6 heteroatoms. The molecule has 0 atom stereocenters. The Morgan fingerprint density at radius 3 is 2.75 bits per heavy atom. The SMILES string of the molecule is Cc1ccc(CC(=O)OCc2nc(-c3cccc(Br)c3)no2)cc1. The Labute approximate surface area is 147 Å². The number of hydrogen-bond donors (Lipinski definition) is 0. The Hall–Kier alpha value is -2.47. The van der Waals surface area contributed by atoms with Crippen LogP contribution in [0.2, 0.25) is 0 Å². The van der Waals surface area contributed by atoms with Gasteiger partial charge in [0, 0.05) is 10.0 Å². The Bertz CT molecular complexity index is 843.